The number of pyridine rings is 1. The van der Waals surface area contributed by atoms with E-state index in [1.165, 1.54) is 18.7 Å². The van der Waals surface area contributed by atoms with Crippen molar-refractivity contribution in [2.24, 2.45) is 0 Å². The molecule has 1 aromatic heterocycles. The number of nitrogens with zero attached hydrogens (tertiary/aromatic N) is 1. The van der Waals surface area contributed by atoms with E-state index < -0.39 is 0 Å². The van der Waals surface area contributed by atoms with Crippen LogP contribution in [0.2, 0.25) is 0 Å². The molecule has 0 bridgehead atoms. The van der Waals surface area contributed by atoms with Crippen LogP contribution < -0.4 is 10.9 Å². The van der Waals surface area contributed by atoms with Crippen LogP contribution in [0.3, 0.4) is 0 Å². The van der Waals surface area contributed by atoms with Crippen molar-refractivity contribution in [3.63, 3.8) is 0 Å². The first kappa shape index (κ1) is 12.4. The van der Waals surface area contributed by atoms with Crippen molar-refractivity contribution in [1.29, 1.82) is 0 Å². The molecule has 2 aliphatic rings. The van der Waals surface area contributed by atoms with E-state index in [-0.39, 0.29) is 11.5 Å². The molecule has 1 aromatic rings. The van der Waals surface area contributed by atoms with E-state index in [1.54, 1.807) is 6.07 Å². The van der Waals surface area contributed by atoms with Gasteiger partial charge in [0.2, 0.25) is 5.56 Å². The molecule has 1 aliphatic carbocycles. The van der Waals surface area contributed by atoms with Gasteiger partial charge in [-0.15, -0.1) is 0 Å². The van der Waals surface area contributed by atoms with Gasteiger partial charge in [0.1, 0.15) is 0 Å². The maximum absolute atomic E-state index is 12.5. The first-order valence-electron chi connectivity index (χ1n) is 6.97. The fourth-order valence-electron chi connectivity index (χ4n) is 2.68. The molecule has 19 heavy (non-hydrogen) atoms. The zero-order valence-electron chi connectivity index (χ0n) is 10.9. The summed E-state index contributed by atoms with van der Waals surface area (Å²) in [5.74, 6) is -0.0118. The highest BCUT2D eigenvalue weighted by Gasteiger charge is 2.34. The minimum absolute atomic E-state index is 0.0118. The predicted octanol–water partition coefficient (Wildman–Crippen LogP) is 0.731. The summed E-state index contributed by atoms with van der Waals surface area (Å²) in [7, 11) is 0. The Morgan fingerprint density at radius 3 is 2.84 bits per heavy atom. The normalized spacial score (nSPS) is 22.4. The Morgan fingerprint density at radius 1 is 1.37 bits per heavy atom. The van der Waals surface area contributed by atoms with Gasteiger partial charge in [0, 0.05) is 36.5 Å². The lowest BCUT2D eigenvalue weighted by Crippen LogP contribution is -2.42. The molecule has 0 radical (unpaired) electrons. The standard InChI is InChI=1S/C14H19N3O2/c18-13-8-10(5-7-16-13)14(19)17(12-3-4-12)9-11-2-1-6-15-11/h5,7-8,11-12,15H,1-4,6,9H2,(H,16,18). The first-order chi connectivity index (χ1) is 9.24. The number of nitrogens with one attached hydrogen (secondary N) is 2. The highest BCUT2D eigenvalue weighted by molar-refractivity contribution is 5.94. The van der Waals surface area contributed by atoms with E-state index in [1.807, 2.05) is 4.90 Å². The lowest BCUT2D eigenvalue weighted by atomic mass is 10.1. The SMILES string of the molecule is O=C(c1cc[nH]c(=O)c1)N(CC1CCCN1)C1CC1. The van der Waals surface area contributed by atoms with Crippen LogP contribution >= 0.6 is 0 Å². The Kier molecular flexibility index (Phi) is 3.38. The number of hydrogen-bond acceptors (Lipinski definition) is 3. The van der Waals surface area contributed by atoms with Crippen molar-refractivity contribution in [3.05, 3.63) is 34.2 Å². The summed E-state index contributed by atoms with van der Waals surface area (Å²) >= 11 is 0. The fourth-order valence-corrected chi connectivity index (χ4v) is 2.68. The maximum Gasteiger partial charge on any atom is 0.254 e. The summed E-state index contributed by atoms with van der Waals surface area (Å²) in [5, 5.41) is 3.43. The topological polar surface area (TPSA) is 65.2 Å². The van der Waals surface area contributed by atoms with Gasteiger partial charge in [-0.05, 0) is 38.3 Å². The number of amides is 1. The average Bonchev–Trinajstić information content (AvgIpc) is 3.12. The summed E-state index contributed by atoms with van der Waals surface area (Å²) in [6.07, 6.45) is 6.02. The zero-order chi connectivity index (χ0) is 13.2. The lowest BCUT2D eigenvalue weighted by Gasteiger charge is -2.25. The molecule has 0 spiro atoms. The van der Waals surface area contributed by atoms with Crippen LogP contribution in [0.15, 0.2) is 23.1 Å². The minimum atomic E-state index is -0.222. The van der Waals surface area contributed by atoms with Crippen molar-refractivity contribution in [2.45, 2.75) is 37.8 Å². The van der Waals surface area contributed by atoms with Gasteiger partial charge in [0.15, 0.2) is 0 Å². The quantitative estimate of drug-likeness (QED) is 0.840. The van der Waals surface area contributed by atoms with Crippen LogP contribution in [0.4, 0.5) is 0 Å². The third kappa shape index (κ3) is 2.87. The van der Waals surface area contributed by atoms with E-state index in [9.17, 15) is 9.59 Å². The number of rotatable bonds is 4. The van der Waals surface area contributed by atoms with Crippen LogP contribution in [-0.2, 0) is 0 Å². The van der Waals surface area contributed by atoms with Gasteiger partial charge in [0.25, 0.3) is 5.91 Å². The number of carbonyl (C=O) groups is 1. The molecule has 5 heteroatoms. The highest BCUT2D eigenvalue weighted by Crippen LogP contribution is 2.29. The summed E-state index contributed by atoms with van der Waals surface area (Å²) in [4.78, 5) is 28.3. The van der Waals surface area contributed by atoms with E-state index in [4.69, 9.17) is 0 Å². The molecule has 2 heterocycles. The minimum Gasteiger partial charge on any atom is -0.334 e. The molecule has 2 N–H and O–H groups in total. The maximum atomic E-state index is 12.5. The Balaban J connectivity index is 1.75. The molecule has 1 aliphatic heterocycles. The highest BCUT2D eigenvalue weighted by atomic mass is 16.2. The molecule has 1 saturated carbocycles. The molecule has 0 aromatic carbocycles. The van der Waals surface area contributed by atoms with Gasteiger partial charge >= 0.3 is 0 Å². The molecule has 102 valence electrons. The summed E-state index contributed by atoms with van der Waals surface area (Å²) in [5.41, 5.74) is 0.272. The van der Waals surface area contributed by atoms with E-state index in [0.717, 1.165) is 32.4 Å². The zero-order valence-corrected chi connectivity index (χ0v) is 10.9. The van der Waals surface area contributed by atoms with E-state index in [0.29, 0.717) is 17.6 Å². The lowest BCUT2D eigenvalue weighted by molar-refractivity contribution is 0.0728. The molecule has 1 saturated heterocycles. The van der Waals surface area contributed by atoms with Crippen LogP contribution in [0.1, 0.15) is 36.0 Å². The second kappa shape index (κ2) is 5.17. The van der Waals surface area contributed by atoms with Crippen molar-refractivity contribution < 1.29 is 4.79 Å². The van der Waals surface area contributed by atoms with Gasteiger partial charge in [0.05, 0.1) is 0 Å². The van der Waals surface area contributed by atoms with Gasteiger partial charge in [-0.1, -0.05) is 0 Å². The fraction of sp³-hybridized carbons (Fsp3) is 0.571. The number of aromatic nitrogens is 1. The molecule has 5 nitrogen and oxygen atoms in total. The second-order valence-corrected chi connectivity index (χ2v) is 5.42. The Bertz CT molecular complexity index is 515. The molecule has 1 unspecified atom stereocenters. The Hall–Kier alpha value is -1.62. The van der Waals surface area contributed by atoms with E-state index >= 15 is 0 Å². The number of hydrogen-bond donors (Lipinski definition) is 2. The van der Waals surface area contributed by atoms with Crippen LogP contribution in [0, 0.1) is 0 Å². The second-order valence-electron chi connectivity index (χ2n) is 5.42. The van der Waals surface area contributed by atoms with Crippen molar-refractivity contribution >= 4 is 5.91 Å². The van der Waals surface area contributed by atoms with Gasteiger partial charge in [-0.3, -0.25) is 9.59 Å². The number of carbonyl (C=O) groups excluding carboxylic acids is 1. The summed E-state index contributed by atoms with van der Waals surface area (Å²) in [6, 6.07) is 3.85. The van der Waals surface area contributed by atoms with Gasteiger partial charge in [-0.2, -0.15) is 0 Å². The predicted molar refractivity (Wildman–Crippen MR) is 72.1 cm³/mol. The molecular weight excluding hydrogens is 242 g/mol. The summed E-state index contributed by atoms with van der Waals surface area (Å²) in [6.45, 7) is 1.80. The van der Waals surface area contributed by atoms with Gasteiger partial charge in [-0.25, -0.2) is 0 Å². The Labute approximate surface area is 112 Å². The molecule has 1 atom stereocenters. The first-order valence-corrected chi connectivity index (χ1v) is 6.97. The Morgan fingerprint density at radius 2 is 2.21 bits per heavy atom. The average molecular weight is 261 g/mol. The smallest absolute Gasteiger partial charge is 0.254 e. The van der Waals surface area contributed by atoms with Crippen molar-refractivity contribution in [2.75, 3.05) is 13.1 Å². The largest absolute Gasteiger partial charge is 0.334 e. The van der Waals surface area contributed by atoms with Crippen LogP contribution in [-0.4, -0.2) is 41.0 Å². The third-order valence-corrected chi connectivity index (χ3v) is 3.85. The van der Waals surface area contributed by atoms with E-state index in [2.05, 4.69) is 10.3 Å². The van der Waals surface area contributed by atoms with Crippen molar-refractivity contribution in [3.8, 4) is 0 Å². The van der Waals surface area contributed by atoms with Crippen LogP contribution in [0.25, 0.3) is 0 Å². The molecule has 3 rings (SSSR count). The number of aromatic amines is 1. The molecule has 1 amide bonds. The molecular formula is C14H19N3O2. The number of H-pyrrole nitrogens is 1. The summed E-state index contributed by atoms with van der Waals surface area (Å²) < 4.78 is 0. The third-order valence-electron chi connectivity index (χ3n) is 3.85. The van der Waals surface area contributed by atoms with Gasteiger partial charge < -0.3 is 15.2 Å². The molecule has 2 fully saturated rings. The monoisotopic (exact) mass is 261 g/mol. The van der Waals surface area contributed by atoms with Crippen molar-refractivity contribution in [1.82, 2.24) is 15.2 Å². The van der Waals surface area contributed by atoms with Crippen LogP contribution in [0.5, 0.6) is 0 Å².